The first-order valence-electron chi connectivity index (χ1n) is 7.32. The van der Waals surface area contributed by atoms with E-state index in [4.69, 9.17) is 4.52 Å². The zero-order valence-electron chi connectivity index (χ0n) is 12.1. The van der Waals surface area contributed by atoms with Crippen LogP contribution in [0.4, 0.5) is 0 Å². The Labute approximate surface area is 114 Å². The fraction of sp³-hybridized carbons (Fsp3) is 0.625. The minimum absolute atomic E-state index is 0.524. The van der Waals surface area contributed by atoms with E-state index >= 15 is 0 Å². The summed E-state index contributed by atoms with van der Waals surface area (Å²) in [5.41, 5.74) is 3.08. The summed E-state index contributed by atoms with van der Waals surface area (Å²) in [4.78, 5) is 0. The van der Waals surface area contributed by atoms with E-state index in [1.54, 1.807) is 5.56 Å². The van der Waals surface area contributed by atoms with Gasteiger partial charge in [0, 0.05) is 14.1 Å². The summed E-state index contributed by atoms with van der Waals surface area (Å²) in [6, 6.07) is 6.72. The van der Waals surface area contributed by atoms with E-state index in [2.05, 4.69) is 39.0 Å². The second-order valence-corrected chi connectivity index (χ2v) is 5.78. The topological polar surface area (TPSA) is 9.23 Å². The maximum Gasteiger partial charge on any atom is 0.0509 e. The fourth-order valence-electron chi connectivity index (χ4n) is 2.12. The van der Waals surface area contributed by atoms with Gasteiger partial charge in [-0.05, 0) is 30.4 Å². The van der Waals surface area contributed by atoms with Crippen LogP contribution >= 0.6 is 8.81 Å². The average Bonchev–Trinajstić information content (AvgIpc) is 2.38. The standard InChI is InChI=1S/C16H27OP/c1-4-7-13-17-18-16-12-8-11-14(9-5-2)15(16)10-6-3/h8,11-12,18H,4-7,9-10,13H2,1-3H3. The molecule has 1 aromatic rings. The van der Waals surface area contributed by atoms with Gasteiger partial charge in [-0.15, -0.1) is 0 Å². The number of hydrogen-bond donors (Lipinski definition) is 0. The van der Waals surface area contributed by atoms with Crippen molar-refractivity contribution in [1.29, 1.82) is 0 Å². The van der Waals surface area contributed by atoms with Crippen LogP contribution in [0.5, 0.6) is 0 Å². The van der Waals surface area contributed by atoms with Gasteiger partial charge in [-0.1, -0.05) is 58.2 Å². The Morgan fingerprint density at radius 3 is 2.44 bits per heavy atom. The Morgan fingerprint density at radius 1 is 1.00 bits per heavy atom. The lowest BCUT2D eigenvalue weighted by Gasteiger charge is -2.14. The zero-order valence-corrected chi connectivity index (χ0v) is 13.1. The van der Waals surface area contributed by atoms with Crippen molar-refractivity contribution in [3.63, 3.8) is 0 Å². The average molecular weight is 266 g/mol. The molecule has 0 radical (unpaired) electrons. The Balaban J connectivity index is 2.71. The molecule has 1 atom stereocenters. The molecule has 0 saturated carbocycles. The maximum absolute atomic E-state index is 5.81. The Bertz CT molecular complexity index is 336. The molecular formula is C16H27OP. The highest BCUT2D eigenvalue weighted by Gasteiger charge is 2.07. The van der Waals surface area contributed by atoms with Gasteiger partial charge >= 0.3 is 0 Å². The van der Waals surface area contributed by atoms with Gasteiger partial charge in [0.15, 0.2) is 0 Å². The fourth-order valence-corrected chi connectivity index (χ4v) is 3.10. The highest BCUT2D eigenvalue weighted by atomic mass is 31.1. The van der Waals surface area contributed by atoms with Crippen molar-refractivity contribution >= 4 is 14.1 Å². The van der Waals surface area contributed by atoms with Crippen molar-refractivity contribution in [2.45, 2.75) is 59.3 Å². The van der Waals surface area contributed by atoms with E-state index in [1.807, 2.05) is 0 Å². The van der Waals surface area contributed by atoms with Crippen LogP contribution in [0.25, 0.3) is 0 Å². The molecule has 0 amide bonds. The second kappa shape index (κ2) is 9.53. The third kappa shape index (κ3) is 5.08. The van der Waals surface area contributed by atoms with Gasteiger partial charge in [-0.2, -0.15) is 0 Å². The van der Waals surface area contributed by atoms with E-state index in [-0.39, 0.29) is 0 Å². The van der Waals surface area contributed by atoms with Crippen LogP contribution in [0.3, 0.4) is 0 Å². The van der Waals surface area contributed by atoms with E-state index in [0.29, 0.717) is 8.81 Å². The lowest BCUT2D eigenvalue weighted by Crippen LogP contribution is -2.09. The molecule has 0 aromatic heterocycles. The molecule has 0 aliphatic carbocycles. The Kier molecular flexibility index (Phi) is 8.29. The van der Waals surface area contributed by atoms with Crippen molar-refractivity contribution in [3.05, 3.63) is 29.3 Å². The summed E-state index contributed by atoms with van der Waals surface area (Å²) in [5, 5.41) is 1.43. The predicted molar refractivity (Wildman–Crippen MR) is 83.2 cm³/mol. The first-order valence-corrected chi connectivity index (χ1v) is 8.22. The SMILES string of the molecule is CCCCOPc1cccc(CCC)c1CCC. The quantitative estimate of drug-likeness (QED) is 0.468. The smallest absolute Gasteiger partial charge is 0.0509 e. The lowest BCUT2D eigenvalue weighted by atomic mass is 10.00. The number of hydrogen-bond acceptors (Lipinski definition) is 1. The summed E-state index contributed by atoms with van der Waals surface area (Å²) >= 11 is 0. The molecule has 0 fully saturated rings. The van der Waals surface area contributed by atoms with Crippen LogP contribution in [-0.2, 0) is 17.4 Å². The van der Waals surface area contributed by atoms with Gasteiger partial charge in [-0.25, -0.2) is 0 Å². The van der Waals surface area contributed by atoms with Gasteiger partial charge in [0.2, 0.25) is 0 Å². The van der Waals surface area contributed by atoms with Gasteiger partial charge in [0.25, 0.3) is 0 Å². The van der Waals surface area contributed by atoms with E-state index in [0.717, 1.165) is 6.61 Å². The highest BCUT2D eigenvalue weighted by molar-refractivity contribution is 7.42. The third-order valence-corrected chi connectivity index (χ3v) is 4.11. The van der Waals surface area contributed by atoms with Crippen LogP contribution in [0.2, 0.25) is 0 Å². The molecule has 0 N–H and O–H groups in total. The molecule has 102 valence electrons. The normalized spacial score (nSPS) is 11.5. The van der Waals surface area contributed by atoms with Crippen molar-refractivity contribution in [1.82, 2.24) is 0 Å². The zero-order chi connectivity index (χ0) is 13.2. The van der Waals surface area contributed by atoms with Crippen molar-refractivity contribution in [3.8, 4) is 0 Å². The maximum atomic E-state index is 5.81. The largest absolute Gasteiger partial charge is 0.358 e. The summed E-state index contributed by atoms with van der Waals surface area (Å²) in [5.74, 6) is 0. The molecule has 0 spiro atoms. The van der Waals surface area contributed by atoms with Crippen molar-refractivity contribution in [2.75, 3.05) is 6.61 Å². The number of rotatable bonds is 9. The van der Waals surface area contributed by atoms with Gasteiger partial charge in [0.1, 0.15) is 0 Å². The van der Waals surface area contributed by atoms with Crippen molar-refractivity contribution < 1.29 is 4.52 Å². The Hall–Kier alpha value is -0.390. The molecule has 0 heterocycles. The van der Waals surface area contributed by atoms with Gasteiger partial charge in [-0.3, -0.25) is 0 Å². The molecule has 0 bridgehead atoms. The minimum atomic E-state index is 0.524. The Morgan fingerprint density at radius 2 is 1.78 bits per heavy atom. The number of aryl methyl sites for hydroxylation is 1. The van der Waals surface area contributed by atoms with Crippen LogP contribution in [0, 0.1) is 0 Å². The first kappa shape index (κ1) is 15.7. The number of benzene rings is 1. The summed E-state index contributed by atoms with van der Waals surface area (Å²) in [7, 11) is 0.524. The summed E-state index contributed by atoms with van der Waals surface area (Å²) in [6.45, 7) is 7.62. The van der Waals surface area contributed by atoms with Crippen LogP contribution in [0.15, 0.2) is 18.2 Å². The lowest BCUT2D eigenvalue weighted by molar-refractivity contribution is 0.355. The highest BCUT2D eigenvalue weighted by Crippen LogP contribution is 2.21. The first-order chi connectivity index (χ1) is 8.83. The number of unbranched alkanes of at least 4 members (excludes halogenated alkanes) is 1. The molecule has 1 rings (SSSR count). The summed E-state index contributed by atoms with van der Waals surface area (Å²) < 4.78 is 5.81. The minimum Gasteiger partial charge on any atom is -0.358 e. The van der Waals surface area contributed by atoms with E-state index < -0.39 is 0 Å². The van der Waals surface area contributed by atoms with Crippen LogP contribution < -0.4 is 5.30 Å². The molecule has 1 nitrogen and oxygen atoms in total. The molecule has 0 aliphatic heterocycles. The molecule has 1 aromatic carbocycles. The molecule has 2 heteroatoms. The van der Waals surface area contributed by atoms with Crippen molar-refractivity contribution in [2.24, 2.45) is 0 Å². The molecule has 0 saturated heterocycles. The monoisotopic (exact) mass is 266 g/mol. The van der Waals surface area contributed by atoms with Gasteiger partial charge < -0.3 is 4.52 Å². The van der Waals surface area contributed by atoms with Crippen LogP contribution in [0.1, 0.15) is 57.6 Å². The summed E-state index contributed by atoms with van der Waals surface area (Å²) in [6.07, 6.45) is 7.21. The van der Waals surface area contributed by atoms with Gasteiger partial charge in [0.05, 0.1) is 6.61 Å². The molecule has 18 heavy (non-hydrogen) atoms. The predicted octanol–water partition coefficient (Wildman–Crippen LogP) is 4.63. The van der Waals surface area contributed by atoms with E-state index in [1.165, 1.54) is 49.4 Å². The molecule has 0 aliphatic rings. The second-order valence-electron chi connectivity index (χ2n) is 4.75. The molecule has 1 unspecified atom stereocenters. The third-order valence-electron chi connectivity index (χ3n) is 3.07. The molecular weight excluding hydrogens is 239 g/mol. The van der Waals surface area contributed by atoms with E-state index in [9.17, 15) is 0 Å². The van der Waals surface area contributed by atoms with Crippen LogP contribution in [-0.4, -0.2) is 6.61 Å².